The van der Waals surface area contributed by atoms with Crippen molar-refractivity contribution in [3.05, 3.63) is 46.0 Å². The van der Waals surface area contributed by atoms with Crippen LogP contribution in [-0.2, 0) is 11.3 Å². The van der Waals surface area contributed by atoms with Gasteiger partial charge in [0.25, 0.3) is 5.56 Å². The number of nitrogens with one attached hydrogen (secondary N) is 1. The summed E-state index contributed by atoms with van der Waals surface area (Å²) in [5.41, 5.74) is 2.24. The fraction of sp³-hybridized carbons (Fsp3) is 0.550. The highest BCUT2D eigenvalue weighted by molar-refractivity contribution is 5.81. The summed E-state index contributed by atoms with van der Waals surface area (Å²) >= 11 is 0. The third-order valence-electron chi connectivity index (χ3n) is 5.59. The molecule has 4 rings (SSSR count). The lowest BCUT2D eigenvalue weighted by Crippen LogP contribution is -2.45. The molecule has 0 aromatic carbocycles. The molecule has 144 valence electrons. The Morgan fingerprint density at radius 3 is 2.74 bits per heavy atom. The highest BCUT2D eigenvalue weighted by atomic mass is 16.3. The van der Waals surface area contributed by atoms with E-state index in [2.05, 4.69) is 15.2 Å². The predicted octanol–water partition coefficient (Wildman–Crippen LogP) is 0.854. The van der Waals surface area contributed by atoms with Gasteiger partial charge < -0.3 is 10.4 Å². The van der Waals surface area contributed by atoms with Crippen molar-refractivity contribution < 1.29 is 9.90 Å². The van der Waals surface area contributed by atoms with Crippen LogP contribution in [-0.4, -0.2) is 50.5 Å². The van der Waals surface area contributed by atoms with E-state index >= 15 is 0 Å². The van der Waals surface area contributed by atoms with Crippen LogP contribution in [0.4, 0.5) is 0 Å². The second-order valence-electron chi connectivity index (χ2n) is 7.79. The van der Waals surface area contributed by atoms with E-state index in [4.69, 9.17) is 0 Å². The summed E-state index contributed by atoms with van der Waals surface area (Å²) in [7, 11) is 0. The van der Waals surface area contributed by atoms with Crippen LogP contribution in [0.25, 0.3) is 5.65 Å². The number of aryl methyl sites for hydroxylation is 1. The average Bonchev–Trinajstić information content (AvgIpc) is 3.45. The minimum atomic E-state index is -0.917. The molecular formula is C20H26N4O3. The second-order valence-corrected chi connectivity index (χ2v) is 7.79. The van der Waals surface area contributed by atoms with Crippen LogP contribution in [0, 0.1) is 12.8 Å². The molecule has 27 heavy (non-hydrogen) atoms. The molecule has 7 nitrogen and oxygen atoms in total. The Balaban J connectivity index is 1.37. The van der Waals surface area contributed by atoms with E-state index < -0.39 is 6.10 Å². The molecule has 1 aliphatic heterocycles. The van der Waals surface area contributed by atoms with E-state index in [0.29, 0.717) is 12.2 Å². The van der Waals surface area contributed by atoms with Crippen molar-refractivity contribution in [2.75, 3.05) is 13.1 Å². The van der Waals surface area contributed by atoms with E-state index in [1.54, 1.807) is 10.5 Å². The first kappa shape index (κ1) is 18.1. The minimum Gasteiger partial charge on any atom is -0.383 e. The van der Waals surface area contributed by atoms with Gasteiger partial charge in [0.15, 0.2) is 0 Å². The van der Waals surface area contributed by atoms with Crippen LogP contribution in [0.2, 0.25) is 0 Å². The maximum atomic E-state index is 12.4. The smallest absolute Gasteiger partial charge is 0.258 e. The molecular weight excluding hydrogens is 344 g/mol. The maximum absolute atomic E-state index is 12.4. The van der Waals surface area contributed by atoms with Gasteiger partial charge >= 0.3 is 0 Å². The molecule has 1 amide bonds. The van der Waals surface area contributed by atoms with E-state index in [1.807, 2.05) is 25.1 Å². The summed E-state index contributed by atoms with van der Waals surface area (Å²) in [5.74, 6) is -0.228. The number of hydrogen-bond donors (Lipinski definition) is 2. The third kappa shape index (κ3) is 4.04. The Kier molecular flexibility index (Phi) is 4.97. The molecule has 0 spiro atoms. The number of piperidine rings is 1. The van der Waals surface area contributed by atoms with Crippen molar-refractivity contribution in [3.8, 4) is 0 Å². The van der Waals surface area contributed by atoms with E-state index in [9.17, 15) is 14.7 Å². The number of carbonyl (C=O) groups excluding carboxylic acids is 1. The van der Waals surface area contributed by atoms with Crippen LogP contribution < -0.4 is 10.9 Å². The van der Waals surface area contributed by atoms with Crippen molar-refractivity contribution in [1.29, 1.82) is 0 Å². The van der Waals surface area contributed by atoms with Gasteiger partial charge in [0.2, 0.25) is 5.91 Å². The van der Waals surface area contributed by atoms with Gasteiger partial charge in [-0.15, -0.1) is 0 Å². The molecule has 2 aromatic rings. The van der Waals surface area contributed by atoms with Gasteiger partial charge in [-0.3, -0.25) is 18.9 Å². The largest absolute Gasteiger partial charge is 0.383 e. The lowest BCUT2D eigenvalue weighted by Gasteiger charge is -2.33. The van der Waals surface area contributed by atoms with Crippen molar-refractivity contribution in [2.45, 2.75) is 51.3 Å². The lowest BCUT2D eigenvalue weighted by molar-refractivity contribution is -0.133. The number of rotatable bonds is 5. The zero-order chi connectivity index (χ0) is 19.0. The summed E-state index contributed by atoms with van der Waals surface area (Å²) in [6, 6.07) is 7.52. The number of nitrogens with zero attached hydrogens (tertiary/aromatic N) is 3. The lowest BCUT2D eigenvalue weighted by atomic mass is 9.90. The fourth-order valence-corrected chi connectivity index (χ4v) is 3.83. The van der Waals surface area contributed by atoms with Crippen molar-refractivity contribution in [1.82, 2.24) is 19.6 Å². The summed E-state index contributed by atoms with van der Waals surface area (Å²) < 4.78 is 1.62. The topological polar surface area (TPSA) is 86.9 Å². The van der Waals surface area contributed by atoms with Gasteiger partial charge in [0.05, 0.1) is 5.69 Å². The van der Waals surface area contributed by atoms with E-state index in [1.165, 1.54) is 0 Å². The van der Waals surface area contributed by atoms with E-state index in [0.717, 1.165) is 50.2 Å². The Hall–Kier alpha value is -2.25. The highest BCUT2D eigenvalue weighted by Crippen LogP contribution is 2.24. The molecule has 1 unspecified atom stereocenters. The number of hydrogen-bond acceptors (Lipinski definition) is 5. The number of likely N-dealkylation sites (tertiary alicyclic amines) is 1. The van der Waals surface area contributed by atoms with Crippen LogP contribution in [0.3, 0.4) is 0 Å². The predicted molar refractivity (Wildman–Crippen MR) is 101 cm³/mol. The van der Waals surface area contributed by atoms with Gasteiger partial charge in [0.1, 0.15) is 11.8 Å². The monoisotopic (exact) mass is 370 g/mol. The second kappa shape index (κ2) is 7.40. The van der Waals surface area contributed by atoms with Crippen LogP contribution >= 0.6 is 0 Å². The Labute approximate surface area is 158 Å². The summed E-state index contributed by atoms with van der Waals surface area (Å²) in [4.78, 5) is 31.3. The molecule has 0 bridgehead atoms. The Bertz CT molecular complexity index is 898. The number of pyridine rings is 1. The first-order valence-corrected chi connectivity index (χ1v) is 9.70. The third-order valence-corrected chi connectivity index (χ3v) is 5.59. The molecule has 7 heteroatoms. The first-order chi connectivity index (χ1) is 13.0. The van der Waals surface area contributed by atoms with Crippen LogP contribution in [0.1, 0.15) is 37.1 Å². The first-order valence-electron chi connectivity index (χ1n) is 9.70. The molecule has 2 aliphatic rings. The minimum absolute atomic E-state index is 0.00200. The molecule has 0 radical (unpaired) electrons. The Morgan fingerprint density at radius 2 is 2.04 bits per heavy atom. The number of aliphatic hydroxyl groups excluding tert-OH is 1. The fourth-order valence-electron chi connectivity index (χ4n) is 3.83. The molecule has 2 fully saturated rings. The van der Waals surface area contributed by atoms with Crippen molar-refractivity contribution >= 4 is 11.6 Å². The van der Waals surface area contributed by atoms with Gasteiger partial charge in [-0.05, 0) is 63.7 Å². The molecule has 2 N–H and O–H groups in total. The molecule has 1 saturated heterocycles. The molecule has 2 aromatic heterocycles. The van der Waals surface area contributed by atoms with Crippen molar-refractivity contribution in [3.63, 3.8) is 0 Å². The zero-order valence-electron chi connectivity index (χ0n) is 15.6. The van der Waals surface area contributed by atoms with E-state index in [-0.39, 0.29) is 23.4 Å². The van der Waals surface area contributed by atoms with Gasteiger partial charge in [-0.2, -0.15) is 0 Å². The average molecular weight is 370 g/mol. The normalized spacial score (nSPS) is 19.9. The summed E-state index contributed by atoms with van der Waals surface area (Å²) in [6.45, 7) is 4.07. The SMILES string of the molecule is Cc1cccc2nc(CN3CCC(C(O)C(=O)NC4CC4)CC3)cc(=O)n12. The number of aliphatic hydroxyl groups is 1. The number of fused-ring (bicyclic) bond motifs is 1. The number of carbonyl (C=O) groups is 1. The molecule has 1 atom stereocenters. The van der Waals surface area contributed by atoms with Gasteiger partial charge in [-0.1, -0.05) is 6.07 Å². The highest BCUT2D eigenvalue weighted by Gasteiger charge is 2.33. The van der Waals surface area contributed by atoms with Crippen molar-refractivity contribution in [2.24, 2.45) is 5.92 Å². The number of aromatic nitrogens is 2. The van der Waals surface area contributed by atoms with Gasteiger partial charge in [-0.25, -0.2) is 4.98 Å². The standard InChI is InChI=1S/C20H26N4O3/c1-13-3-2-4-17-21-16(11-18(25)24(13)17)12-23-9-7-14(8-10-23)19(26)20(27)22-15-5-6-15/h2-4,11,14-15,19,26H,5-10,12H2,1H3,(H,22,27). The maximum Gasteiger partial charge on any atom is 0.258 e. The molecule has 1 aliphatic carbocycles. The summed E-state index contributed by atoms with van der Waals surface area (Å²) in [6.07, 6.45) is 2.67. The molecule has 1 saturated carbocycles. The van der Waals surface area contributed by atoms with Crippen LogP contribution in [0.15, 0.2) is 29.1 Å². The van der Waals surface area contributed by atoms with Crippen LogP contribution in [0.5, 0.6) is 0 Å². The molecule has 3 heterocycles. The Morgan fingerprint density at radius 1 is 1.30 bits per heavy atom. The summed E-state index contributed by atoms with van der Waals surface area (Å²) in [5, 5.41) is 13.2. The quantitative estimate of drug-likeness (QED) is 0.815. The number of amides is 1. The van der Waals surface area contributed by atoms with Gasteiger partial charge in [0, 0.05) is 24.3 Å². The zero-order valence-corrected chi connectivity index (χ0v) is 15.6.